The largest absolute Gasteiger partial charge is 0.497 e. The number of piperidine rings is 1. The van der Waals surface area contributed by atoms with Gasteiger partial charge >= 0.3 is 0 Å². The Balaban J connectivity index is 1.52. The summed E-state index contributed by atoms with van der Waals surface area (Å²) in [6.07, 6.45) is 3.33. The Bertz CT molecular complexity index is 500. The summed E-state index contributed by atoms with van der Waals surface area (Å²) in [7, 11) is 3.89. The predicted octanol–water partition coefficient (Wildman–Crippen LogP) is 1.66. The highest BCUT2D eigenvalue weighted by atomic mass is 16.5. The Morgan fingerprint density at radius 3 is 2.42 bits per heavy atom. The average molecular weight is 333 g/mol. The number of anilines is 1. The fraction of sp³-hybridized carbons (Fsp3) is 0.684. The molecule has 0 amide bonds. The number of aliphatic hydroxyl groups is 1. The van der Waals surface area contributed by atoms with Gasteiger partial charge in [0.25, 0.3) is 0 Å². The third-order valence-electron chi connectivity index (χ3n) is 5.69. The first-order valence-corrected chi connectivity index (χ1v) is 9.15. The van der Waals surface area contributed by atoms with Crippen molar-refractivity contribution in [3.8, 4) is 5.75 Å². The Hall–Kier alpha value is -1.30. The van der Waals surface area contributed by atoms with Crippen molar-refractivity contribution in [3.63, 3.8) is 0 Å². The molecule has 1 unspecified atom stereocenters. The summed E-state index contributed by atoms with van der Waals surface area (Å²) in [4.78, 5) is 7.54. The summed E-state index contributed by atoms with van der Waals surface area (Å²) in [6.45, 7) is 5.90. The van der Waals surface area contributed by atoms with Gasteiger partial charge in [-0.1, -0.05) is 0 Å². The summed E-state index contributed by atoms with van der Waals surface area (Å²) < 4.78 is 5.24. The van der Waals surface area contributed by atoms with Gasteiger partial charge in [-0.05, 0) is 50.6 Å². The molecule has 5 heteroatoms. The summed E-state index contributed by atoms with van der Waals surface area (Å²) in [6, 6.07) is 9.60. The maximum Gasteiger partial charge on any atom is 0.119 e. The molecule has 5 nitrogen and oxygen atoms in total. The summed E-state index contributed by atoms with van der Waals surface area (Å²) in [5.41, 5.74) is 1.30. The smallest absolute Gasteiger partial charge is 0.119 e. The number of rotatable bonds is 5. The molecule has 1 aromatic carbocycles. The van der Waals surface area contributed by atoms with E-state index in [-0.39, 0.29) is 0 Å². The van der Waals surface area contributed by atoms with Crippen molar-refractivity contribution in [1.29, 1.82) is 0 Å². The summed E-state index contributed by atoms with van der Waals surface area (Å²) in [5, 5.41) is 9.27. The molecule has 0 spiro atoms. The van der Waals surface area contributed by atoms with Crippen molar-refractivity contribution in [2.75, 3.05) is 58.4 Å². The van der Waals surface area contributed by atoms with E-state index in [4.69, 9.17) is 4.74 Å². The van der Waals surface area contributed by atoms with E-state index in [9.17, 15) is 5.11 Å². The molecular weight excluding hydrogens is 302 g/mol. The average Bonchev–Trinajstić information content (AvgIpc) is 2.64. The van der Waals surface area contributed by atoms with Crippen LogP contribution in [0.3, 0.4) is 0 Å². The molecule has 2 aliphatic heterocycles. The number of methoxy groups -OCH3 is 1. The molecule has 1 N–H and O–H groups in total. The molecule has 1 aromatic rings. The van der Waals surface area contributed by atoms with E-state index in [1.807, 2.05) is 12.1 Å². The van der Waals surface area contributed by atoms with Gasteiger partial charge in [0.05, 0.1) is 7.11 Å². The van der Waals surface area contributed by atoms with Gasteiger partial charge in [0.2, 0.25) is 0 Å². The van der Waals surface area contributed by atoms with Crippen LogP contribution in [0, 0.1) is 0 Å². The van der Waals surface area contributed by atoms with Gasteiger partial charge < -0.3 is 19.6 Å². The zero-order valence-electron chi connectivity index (χ0n) is 15.0. The molecule has 2 aliphatic rings. The number of hydrogen-bond acceptors (Lipinski definition) is 5. The SMILES string of the molecule is COc1ccc(N2CCC(N3CCN(C)C(CCO)C3)CC2)cc1. The van der Waals surface area contributed by atoms with Crippen LogP contribution in [0.1, 0.15) is 19.3 Å². The molecule has 1 atom stereocenters. The minimum atomic E-state index is 0.290. The van der Waals surface area contributed by atoms with E-state index in [2.05, 4.69) is 33.9 Å². The van der Waals surface area contributed by atoms with Crippen molar-refractivity contribution in [2.24, 2.45) is 0 Å². The van der Waals surface area contributed by atoms with E-state index in [0.29, 0.717) is 18.7 Å². The van der Waals surface area contributed by atoms with E-state index >= 15 is 0 Å². The lowest BCUT2D eigenvalue weighted by molar-refractivity contribution is 0.0446. The highest BCUT2D eigenvalue weighted by molar-refractivity contribution is 5.49. The molecular formula is C19H31N3O2. The van der Waals surface area contributed by atoms with Crippen molar-refractivity contribution in [1.82, 2.24) is 9.80 Å². The lowest BCUT2D eigenvalue weighted by Gasteiger charge is -2.45. The van der Waals surface area contributed by atoms with Crippen molar-refractivity contribution >= 4 is 5.69 Å². The van der Waals surface area contributed by atoms with Crippen LogP contribution < -0.4 is 9.64 Å². The van der Waals surface area contributed by atoms with Crippen molar-refractivity contribution < 1.29 is 9.84 Å². The standard InChI is InChI=1S/C19H31N3O2/c1-20-12-13-22(15-18(20)9-14-23)17-7-10-21(11-8-17)16-3-5-19(24-2)6-4-16/h3-6,17-18,23H,7-15H2,1-2H3. The molecule has 24 heavy (non-hydrogen) atoms. The summed E-state index contributed by atoms with van der Waals surface area (Å²) >= 11 is 0. The third kappa shape index (κ3) is 4.02. The quantitative estimate of drug-likeness (QED) is 0.887. The van der Waals surface area contributed by atoms with Gasteiger partial charge in [-0.25, -0.2) is 0 Å². The Labute approximate surface area is 145 Å². The molecule has 0 aromatic heterocycles. The molecule has 0 aliphatic carbocycles. The van der Waals surface area contributed by atoms with Gasteiger partial charge in [0.15, 0.2) is 0 Å². The highest BCUT2D eigenvalue weighted by Gasteiger charge is 2.30. The Morgan fingerprint density at radius 1 is 1.08 bits per heavy atom. The Kier molecular flexibility index (Phi) is 5.98. The first-order valence-electron chi connectivity index (χ1n) is 9.15. The zero-order valence-corrected chi connectivity index (χ0v) is 15.0. The van der Waals surface area contributed by atoms with Crippen molar-refractivity contribution in [3.05, 3.63) is 24.3 Å². The maximum absolute atomic E-state index is 9.27. The van der Waals surface area contributed by atoms with Crippen LogP contribution in [0.25, 0.3) is 0 Å². The van der Waals surface area contributed by atoms with Crippen LogP contribution in [0.15, 0.2) is 24.3 Å². The number of nitrogens with zero attached hydrogens (tertiary/aromatic N) is 3. The van der Waals surface area contributed by atoms with Crippen LogP contribution in [-0.4, -0.2) is 80.5 Å². The fourth-order valence-corrected chi connectivity index (χ4v) is 4.04. The molecule has 0 radical (unpaired) electrons. The number of piperazine rings is 1. The highest BCUT2D eigenvalue weighted by Crippen LogP contribution is 2.26. The number of hydrogen-bond donors (Lipinski definition) is 1. The molecule has 2 fully saturated rings. The number of ether oxygens (including phenoxy) is 1. The van der Waals surface area contributed by atoms with E-state index < -0.39 is 0 Å². The second-order valence-electron chi connectivity index (χ2n) is 7.06. The van der Waals surface area contributed by atoms with Gasteiger partial charge in [-0.3, -0.25) is 4.90 Å². The summed E-state index contributed by atoms with van der Waals surface area (Å²) in [5.74, 6) is 0.918. The normalized spacial score (nSPS) is 24.3. The number of likely N-dealkylation sites (N-methyl/N-ethyl adjacent to an activating group) is 1. The minimum absolute atomic E-state index is 0.290. The zero-order chi connectivity index (χ0) is 16.9. The van der Waals surface area contributed by atoms with E-state index in [1.54, 1.807) is 7.11 Å². The first kappa shape index (κ1) is 17.5. The molecule has 0 bridgehead atoms. The molecule has 134 valence electrons. The topological polar surface area (TPSA) is 39.2 Å². The molecule has 0 saturated carbocycles. The number of aliphatic hydroxyl groups excluding tert-OH is 1. The molecule has 2 heterocycles. The third-order valence-corrected chi connectivity index (χ3v) is 5.69. The fourth-order valence-electron chi connectivity index (χ4n) is 4.04. The van der Waals surface area contributed by atoms with Gasteiger partial charge in [-0.2, -0.15) is 0 Å². The number of benzene rings is 1. The van der Waals surface area contributed by atoms with E-state index in [1.165, 1.54) is 18.5 Å². The van der Waals surface area contributed by atoms with Gasteiger partial charge in [0.1, 0.15) is 5.75 Å². The van der Waals surface area contributed by atoms with Crippen LogP contribution in [-0.2, 0) is 0 Å². The van der Waals surface area contributed by atoms with Gasteiger partial charge in [0, 0.05) is 57.1 Å². The van der Waals surface area contributed by atoms with Crippen molar-refractivity contribution in [2.45, 2.75) is 31.3 Å². The van der Waals surface area contributed by atoms with Gasteiger partial charge in [-0.15, -0.1) is 0 Å². The minimum Gasteiger partial charge on any atom is -0.497 e. The van der Waals surface area contributed by atoms with Crippen LogP contribution >= 0.6 is 0 Å². The second kappa shape index (κ2) is 8.19. The molecule has 3 rings (SSSR count). The van der Waals surface area contributed by atoms with Crippen LogP contribution in [0.5, 0.6) is 5.75 Å². The lowest BCUT2D eigenvalue weighted by Crippen LogP contribution is -2.56. The Morgan fingerprint density at radius 2 is 1.79 bits per heavy atom. The second-order valence-corrected chi connectivity index (χ2v) is 7.06. The van der Waals surface area contributed by atoms with E-state index in [0.717, 1.165) is 44.9 Å². The molecule has 2 saturated heterocycles. The maximum atomic E-state index is 9.27. The lowest BCUT2D eigenvalue weighted by atomic mass is 9.99. The van der Waals surface area contributed by atoms with Crippen LogP contribution in [0.2, 0.25) is 0 Å². The first-order chi connectivity index (χ1) is 11.7. The predicted molar refractivity (Wildman–Crippen MR) is 97.9 cm³/mol. The van der Waals surface area contributed by atoms with Crippen LogP contribution in [0.4, 0.5) is 5.69 Å². The monoisotopic (exact) mass is 333 g/mol.